The van der Waals surface area contributed by atoms with Crippen LogP contribution in [0.2, 0.25) is 0 Å². The van der Waals surface area contributed by atoms with Crippen LogP contribution >= 0.6 is 0 Å². The third kappa shape index (κ3) is 5.70. The Morgan fingerprint density at radius 1 is 1.28 bits per heavy atom. The Kier molecular flexibility index (Phi) is 7.25. The van der Waals surface area contributed by atoms with E-state index in [1.54, 1.807) is 18.2 Å². The van der Waals surface area contributed by atoms with Gasteiger partial charge in [0, 0.05) is 19.0 Å². The van der Waals surface area contributed by atoms with Crippen LogP contribution in [-0.2, 0) is 17.6 Å². The fourth-order valence-electron chi connectivity index (χ4n) is 3.63. The van der Waals surface area contributed by atoms with Gasteiger partial charge in [0.1, 0.15) is 41.3 Å². The van der Waals surface area contributed by atoms with Gasteiger partial charge in [-0.15, -0.1) is 0 Å². The van der Waals surface area contributed by atoms with Gasteiger partial charge in [-0.05, 0) is 30.7 Å². The maximum Gasteiger partial charge on any atom is 0.405 e. The summed E-state index contributed by atoms with van der Waals surface area (Å²) in [5, 5.41) is 19.4. The first-order valence-electron chi connectivity index (χ1n) is 10.0. The molecule has 0 amide bonds. The van der Waals surface area contributed by atoms with Crippen molar-refractivity contribution in [3.63, 3.8) is 0 Å². The zero-order valence-electron chi connectivity index (χ0n) is 17.8. The number of ether oxygens (including phenoxy) is 2. The summed E-state index contributed by atoms with van der Waals surface area (Å²) in [4.78, 5) is 12.8. The van der Waals surface area contributed by atoms with E-state index in [-0.39, 0.29) is 41.7 Å². The van der Waals surface area contributed by atoms with Gasteiger partial charge in [0.15, 0.2) is 0 Å². The van der Waals surface area contributed by atoms with Gasteiger partial charge in [0.05, 0.1) is 32.4 Å². The molecule has 1 fully saturated rings. The largest absolute Gasteiger partial charge is 0.497 e. The van der Waals surface area contributed by atoms with E-state index in [0.29, 0.717) is 36.6 Å². The minimum atomic E-state index is -4.46. The topological polar surface area (TPSA) is 101 Å². The van der Waals surface area contributed by atoms with Crippen LogP contribution in [0.15, 0.2) is 18.2 Å². The van der Waals surface area contributed by atoms with Gasteiger partial charge in [-0.25, -0.2) is 4.68 Å². The smallest absolute Gasteiger partial charge is 0.405 e. The van der Waals surface area contributed by atoms with E-state index in [2.05, 4.69) is 15.7 Å². The predicted molar refractivity (Wildman–Crippen MR) is 110 cm³/mol. The van der Waals surface area contributed by atoms with Crippen LogP contribution < -0.4 is 20.1 Å². The van der Waals surface area contributed by atoms with Crippen molar-refractivity contribution in [1.29, 1.82) is 5.26 Å². The van der Waals surface area contributed by atoms with Gasteiger partial charge in [0.2, 0.25) is 0 Å². The molecule has 3 rings (SSSR count). The minimum Gasteiger partial charge on any atom is -0.497 e. The van der Waals surface area contributed by atoms with E-state index < -0.39 is 12.7 Å². The quantitative estimate of drug-likeness (QED) is 0.604. The predicted octanol–water partition coefficient (Wildman–Crippen LogP) is 2.63. The lowest BCUT2D eigenvalue weighted by molar-refractivity contribution is -0.118. The second-order valence-corrected chi connectivity index (χ2v) is 7.46. The normalized spacial score (nSPS) is 15.9. The molecule has 1 aliphatic rings. The van der Waals surface area contributed by atoms with Crippen molar-refractivity contribution in [3.05, 3.63) is 35.0 Å². The van der Waals surface area contributed by atoms with Gasteiger partial charge < -0.3 is 20.1 Å². The summed E-state index contributed by atoms with van der Waals surface area (Å²) >= 11 is 0. The van der Waals surface area contributed by atoms with Crippen LogP contribution in [0.4, 0.5) is 19.0 Å². The third-order valence-corrected chi connectivity index (χ3v) is 5.11. The van der Waals surface area contributed by atoms with Gasteiger partial charge >= 0.3 is 6.18 Å². The SMILES string of the molecule is COc1cc(CC(=O)Cc2nn([C@H]3CCNC3)c(NCC(F)(F)F)c2C#N)cc(OC)c1. The average Bonchev–Trinajstić information content (AvgIpc) is 3.38. The fourth-order valence-corrected chi connectivity index (χ4v) is 3.63. The minimum absolute atomic E-state index is 0.00984. The number of nitrogens with zero attached hydrogens (tertiary/aromatic N) is 3. The van der Waals surface area contributed by atoms with Gasteiger partial charge in [0.25, 0.3) is 0 Å². The molecule has 32 heavy (non-hydrogen) atoms. The number of Topliss-reactive ketones (excluding diaryl/α,β-unsaturated/α-hetero) is 1. The number of aromatic nitrogens is 2. The van der Waals surface area contributed by atoms with Crippen LogP contribution in [0.1, 0.15) is 29.3 Å². The van der Waals surface area contributed by atoms with Crippen LogP contribution in [0, 0.1) is 11.3 Å². The first-order chi connectivity index (χ1) is 15.2. The number of nitriles is 1. The Hall–Kier alpha value is -3.26. The number of methoxy groups -OCH3 is 2. The van der Waals surface area contributed by atoms with E-state index in [4.69, 9.17) is 9.47 Å². The summed E-state index contributed by atoms with van der Waals surface area (Å²) in [7, 11) is 3.00. The number of halogens is 3. The van der Waals surface area contributed by atoms with Crippen molar-refractivity contribution in [2.75, 3.05) is 39.2 Å². The number of alkyl halides is 3. The lowest BCUT2D eigenvalue weighted by Gasteiger charge is -2.16. The molecular formula is C21H24F3N5O3. The average molecular weight is 451 g/mol. The van der Waals surface area contributed by atoms with Crippen molar-refractivity contribution in [2.45, 2.75) is 31.5 Å². The highest BCUT2D eigenvalue weighted by atomic mass is 19.4. The molecule has 1 saturated heterocycles. The number of hydrogen-bond acceptors (Lipinski definition) is 7. The van der Waals surface area contributed by atoms with Crippen molar-refractivity contribution in [2.24, 2.45) is 0 Å². The molecular weight excluding hydrogens is 427 g/mol. The Morgan fingerprint density at radius 3 is 2.50 bits per heavy atom. The molecule has 1 atom stereocenters. The molecule has 0 bridgehead atoms. The molecule has 172 valence electrons. The van der Waals surface area contributed by atoms with E-state index in [0.717, 1.165) is 0 Å². The molecule has 0 unspecified atom stereocenters. The molecule has 2 N–H and O–H groups in total. The van der Waals surface area contributed by atoms with E-state index in [1.165, 1.54) is 18.9 Å². The number of benzene rings is 1. The summed E-state index contributed by atoms with van der Waals surface area (Å²) in [5.41, 5.74) is 0.765. The maximum atomic E-state index is 12.8. The van der Waals surface area contributed by atoms with Crippen LogP contribution in [0.25, 0.3) is 0 Å². The Labute approximate surface area is 183 Å². The summed E-state index contributed by atoms with van der Waals surface area (Å²) in [5.74, 6) is 0.806. The maximum absolute atomic E-state index is 12.8. The summed E-state index contributed by atoms with van der Waals surface area (Å²) < 4.78 is 50.2. The zero-order valence-corrected chi connectivity index (χ0v) is 17.8. The Bertz CT molecular complexity index is 985. The van der Waals surface area contributed by atoms with Crippen molar-refractivity contribution in [1.82, 2.24) is 15.1 Å². The van der Waals surface area contributed by atoms with Crippen molar-refractivity contribution < 1.29 is 27.4 Å². The number of carbonyl (C=O) groups is 1. The third-order valence-electron chi connectivity index (χ3n) is 5.11. The van der Waals surface area contributed by atoms with Gasteiger partial charge in [-0.2, -0.15) is 23.5 Å². The number of anilines is 1. The highest BCUT2D eigenvalue weighted by Gasteiger charge is 2.31. The number of hydrogen-bond donors (Lipinski definition) is 2. The molecule has 0 radical (unpaired) electrons. The molecule has 0 saturated carbocycles. The van der Waals surface area contributed by atoms with Crippen LogP contribution in [0.3, 0.4) is 0 Å². The van der Waals surface area contributed by atoms with Gasteiger partial charge in [-0.1, -0.05) is 0 Å². The lowest BCUT2D eigenvalue weighted by atomic mass is 10.0. The molecule has 0 aliphatic carbocycles. The first kappa shape index (κ1) is 23.4. The van der Waals surface area contributed by atoms with E-state index in [9.17, 15) is 23.2 Å². The molecule has 1 aromatic heterocycles. The highest BCUT2D eigenvalue weighted by Crippen LogP contribution is 2.29. The van der Waals surface area contributed by atoms with Crippen molar-refractivity contribution in [3.8, 4) is 17.6 Å². The number of ketones is 1. The van der Waals surface area contributed by atoms with E-state index >= 15 is 0 Å². The molecule has 0 spiro atoms. The second kappa shape index (κ2) is 9.91. The lowest BCUT2D eigenvalue weighted by Crippen LogP contribution is -2.25. The van der Waals surface area contributed by atoms with Crippen LogP contribution in [0.5, 0.6) is 11.5 Å². The van der Waals surface area contributed by atoms with Gasteiger partial charge in [-0.3, -0.25) is 4.79 Å². The number of rotatable bonds is 9. The molecule has 2 aromatic rings. The summed E-state index contributed by atoms with van der Waals surface area (Å²) in [6.45, 7) is -0.0915. The molecule has 11 heteroatoms. The second-order valence-electron chi connectivity index (χ2n) is 7.46. The molecule has 1 aliphatic heterocycles. The summed E-state index contributed by atoms with van der Waals surface area (Å²) in [6.07, 6.45) is -3.96. The molecule has 8 nitrogen and oxygen atoms in total. The number of nitrogens with one attached hydrogen (secondary N) is 2. The monoisotopic (exact) mass is 451 g/mol. The van der Waals surface area contributed by atoms with Crippen LogP contribution in [-0.4, -0.2) is 55.6 Å². The number of carbonyl (C=O) groups excluding carboxylic acids is 1. The molecule has 2 heterocycles. The summed E-state index contributed by atoms with van der Waals surface area (Å²) in [6, 6.07) is 6.80. The zero-order chi connectivity index (χ0) is 23.3. The first-order valence-corrected chi connectivity index (χ1v) is 10.0. The standard InChI is InChI=1S/C21H24F3N5O3/c1-31-16-6-13(7-17(9-16)32-2)5-15(30)8-19-18(10-25)20(27-12-21(22,23)24)29(28-19)14-3-4-26-11-14/h6-7,9,14,26-27H,3-5,8,11-12H2,1-2H3/t14-/m0/s1. The fraction of sp³-hybridized carbons (Fsp3) is 0.476. The molecule has 1 aromatic carbocycles. The Balaban J connectivity index is 1.85. The van der Waals surface area contributed by atoms with Crippen molar-refractivity contribution >= 4 is 11.6 Å². The Morgan fingerprint density at radius 2 is 1.97 bits per heavy atom. The van der Waals surface area contributed by atoms with E-state index in [1.807, 2.05) is 6.07 Å². The highest BCUT2D eigenvalue weighted by molar-refractivity contribution is 5.84.